The third-order valence-corrected chi connectivity index (χ3v) is 5.38. The molecule has 0 fully saturated rings. The molecule has 0 aliphatic heterocycles. The molecule has 0 aromatic heterocycles. The highest BCUT2D eigenvalue weighted by Gasteiger charge is 2.13. The first-order valence-corrected chi connectivity index (χ1v) is 11.3. The molecule has 0 heterocycles. The van der Waals surface area contributed by atoms with Crippen molar-refractivity contribution in [3.63, 3.8) is 0 Å². The Balaban J connectivity index is 1.78. The lowest BCUT2D eigenvalue weighted by Crippen LogP contribution is -2.13. The van der Waals surface area contributed by atoms with Crippen LogP contribution in [0.1, 0.15) is 73.5 Å². The summed E-state index contributed by atoms with van der Waals surface area (Å²) in [4.78, 5) is 12.9. The zero-order valence-corrected chi connectivity index (χ0v) is 19.6. The van der Waals surface area contributed by atoms with Crippen molar-refractivity contribution in [1.82, 2.24) is 0 Å². The predicted octanol–water partition coefficient (Wildman–Crippen LogP) is 7.16. The Bertz CT molecular complexity index is 1040. The number of benzene rings is 3. The van der Waals surface area contributed by atoms with Crippen LogP contribution >= 0.6 is 0 Å². The Morgan fingerprint density at radius 1 is 0.844 bits per heavy atom. The number of anilines is 1. The van der Waals surface area contributed by atoms with Gasteiger partial charge in [-0.25, -0.2) is 0 Å². The lowest BCUT2D eigenvalue weighted by molar-refractivity contribution is 0.102. The van der Waals surface area contributed by atoms with E-state index in [1.54, 1.807) is 6.07 Å². The first-order chi connectivity index (χ1) is 15.4. The van der Waals surface area contributed by atoms with Crippen molar-refractivity contribution < 1.29 is 14.3 Å². The van der Waals surface area contributed by atoms with Crippen molar-refractivity contribution >= 4 is 11.6 Å². The second-order valence-electron chi connectivity index (χ2n) is 8.47. The average molecular weight is 432 g/mol. The van der Waals surface area contributed by atoms with Crippen LogP contribution in [0.4, 0.5) is 5.69 Å². The highest BCUT2D eigenvalue weighted by Crippen LogP contribution is 2.29. The molecular formula is C28H33NO3. The van der Waals surface area contributed by atoms with E-state index < -0.39 is 0 Å². The first-order valence-electron chi connectivity index (χ1n) is 11.3. The molecule has 3 rings (SSSR count). The summed E-state index contributed by atoms with van der Waals surface area (Å²) in [5.74, 6) is 2.23. The van der Waals surface area contributed by atoms with Gasteiger partial charge in [-0.15, -0.1) is 0 Å². The van der Waals surface area contributed by atoms with Crippen LogP contribution in [0, 0.1) is 0 Å². The molecular weight excluding hydrogens is 398 g/mol. The van der Waals surface area contributed by atoms with Crippen molar-refractivity contribution in [3.8, 4) is 11.5 Å². The number of carbonyl (C=O) groups excluding carboxylic acids is 1. The maximum absolute atomic E-state index is 12.9. The van der Waals surface area contributed by atoms with Gasteiger partial charge in [-0.05, 0) is 66.3 Å². The molecule has 0 saturated carbocycles. The molecule has 0 atom stereocenters. The molecule has 0 radical (unpaired) electrons. The molecule has 32 heavy (non-hydrogen) atoms. The van der Waals surface area contributed by atoms with Gasteiger partial charge in [0.15, 0.2) is 0 Å². The van der Waals surface area contributed by atoms with Crippen molar-refractivity contribution in [2.24, 2.45) is 0 Å². The molecule has 0 saturated heterocycles. The largest absolute Gasteiger partial charge is 0.493 e. The third-order valence-electron chi connectivity index (χ3n) is 5.38. The molecule has 1 amide bonds. The Morgan fingerprint density at radius 2 is 1.56 bits per heavy atom. The molecule has 3 aromatic rings. The van der Waals surface area contributed by atoms with Crippen LogP contribution in [0.2, 0.25) is 0 Å². The molecule has 0 spiro atoms. The first kappa shape index (κ1) is 23.4. The summed E-state index contributed by atoms with van der Waals surface area (Å²) in [6, 6.07) is 21.5. The van der Waals surface area contributed by atoms with E-state index in [-0.39, 0.29) is 5.91 Å². The summed E-state index contributed by atoms with van der Waals surface area (Å²) in [5.41, 5.74) is 4.58. The van der Waals surface area contributed by atoms with Gasteiger partial charge >= 0.3 is 0 Å². The normalized spacial score (nSPS) is 11.0. The fraction of sp³-hybridized carbons (Fsp3) is 0.321. The summed E-state index contributed by atoms with van der Waals surface area (Å²) >= 11 is 0. The van der Waals surface area contributed by atoms with Crippen LogP contribution in [0.15, 0.2) is 66.7 Å². The maximum Gasteiger partial charge on any atom is 0.255 e. The molecule has 0 aliphatic carbocycles. The van der Waals surface area contributed by atoms with E-state index in [1.807, 2.05) is 61.5 Å². The van der Waals surface area contributed by atoms with Crippen LogP contribution in [-0.4, -0.2) is 12.5 Å². The molecule has 4 nitrogen and oxygen atoms in total. The van der Waals surface area contributed by atoms with Gasteiger partial charge in [-0.3, -0.25) is 4.79 Å². The standard InChI is InChI=1S/C28H33NO3/c1-6-31-26-16-13-22(28(30)29-24-14-11-21(12-15-24)19(2)3)17-23(26)18-32-27-10-8-7-9-25(27)20(4)5/h7-17,19-20H,6,18H2,1-5H3,(H,29,30). The molecule has 0 aliphatic rings. The highest BCUT2D eigenvalue weighted by molar-refractivity contribution is 6.04. The van der Waals surface area contributed by atoms with Gasteiger partial charge in [0, 0.05) is 16.8 Å². The fourth-order valence-electron chi connectivity index (χ4n) is 3.53. The molecule has 3 aromatic carbocycles. The number of para-hydroxylation sites is 1. The van der Waals surface area contributed by atoms with Crippen LogP contribution in [0.5, 0.6) is 11.5 Å². The number of carbonyl (C=O) groups is 1. The van der Waals surface area contributed by atoms with E-state index in [2.05, 4.69) is 39.1 Å². The van der Waals surface area contributed by atoms with E-state index in [0.29, 0.717) is 30.6 Å². The number of nitrogens with one attached hydrogen (secondary N) is 1. The van der Waals surface area contributed by atoms with Gasteiger partial charge < -0.3 is 14.8 Å². The quantitative estimate of drug-likeness (QED) is 0.391. The minimum Gasteiger partial charge on any atom is -0.493 e. The zero-order chi connectivity index (χ0) is 23.1. The molecule has 4 heteroatoms. The summed E-state index contributed by atoms with van der Waals surface area (Å²) in [5, 5.41) is 2.98. The zero-order valence-electron chi connectivity index (χ0n) is 19.6. The predicted molar refractivity (Wildman–Crippen MR) is 131 cm³/mol. The van der Waals surface area contributed by atoms with Gasteiger partial charge in [0.2, 0.25) is 0 Å². The number of amides is 1. The van der Waals surface area contributed by atoms with E-state index in [1.165, 1.54) is 5.56 Å². The molecule has 168 valence electrons. The van der Waals surface area contributed by atoms with E-state index in [9.17, 15) is 4.79 Å². The Morgan fingerprint density at radius 3 is 2.22 bits per heavy atom. The summed E-state index contributed by atoms with van der Waals surface area (Å²) in [7, 11) is 0. The number of hydrogen-bond acceptors (Lipinski definition) is 3. The SMILES string of the molecule is CCOc1ccc(C(=O)Nc2ccc(C(C)C)cc2)cc1COc1ccccc1C(C)C. The fourth-order valence-corrected chi connectivity index (χ4v) is 3.53. The summed E-state index contributed by atoms with van der Waals surface area (Å²) in [6.45, 7) is 11.4. The van der Waals surface area contributed by atoms with Gasteiger partial charge in [0.25, 0.3) is 5.91 Å². The minimum atomic E-state index is -0.158. The van der Waals surface area contributed by atoms with Crippen LogP contribution in [0.3, 0.4) is 0 Å². The highest BCUT2D eigenvalue weighted by atomic mass is 16.5. The summed E-state index contributed by atoms with van der Waals surface area (Å²) < 4.78 is 11.9. The number of rotatable bonds is 9. The Labute approximate surface area is 191 Å². The topological polar surface area (TPSA) is 47.6 Å². The van der Waals surface area contributed by atoms with Gasteiger partial charge in [-0.1, -0.05) is 58.0 Å². The number of ether oxygens (including phenoxy) is 2. The second kappa shape index (κ2) is 10.9. The van der Waals surface area contributed by atoms with Gasteiger partial charge in [-0.2, -0.15) is 0 Å². The van der Waals surface area contributed by atoms with E-state index in [4.69, 9.17) is 9.47 Å². The van der Waals surface area contributed by atoms with Crippen LogP contribution in [-0.2, 0) is 6.61 Å². The molecule has 0 bridgehead atoms. The van der Waals surface area contributed by atoms with Crippen LogP contribution in [0.25, 0.3) is 0 Å². The lowest BCUT2D eigenvalue weighted by Gasteiger charge is -2.16. The monoisotopic (exact) mass is 431 g/mol. The Hall–Kier alpha value is -3.27. The van der Waals surface area contributed by atoms with Crippen molar-refractivity contribution in [2.45, 2.75) is 53.1 Å². The summed E-state index contributed by atoms with van der Waals surface area (Å²) in [6.07, 6.45) is 0. The lowest BCUT2D eigenvalue weighted by atomic mass is 10.0. The number of hydrogen-bond donors (Lipinski definition) is 1. The van der Waals surface area contributed by atoms with E-state index >= 15 is 0 Å². The smallest absolute Gasteiger partial charge is 0.255 e. The van der Waals surface area contributed by atoms with Crippen molar-refractivity contribution in [2.75, 3.05) is 11.9 Å². The van der Waals surface area contributed by atoms with Crippen molar-refractivity contribution in [3.05, 3.63) is 89.0 Å². The van der Waals surface area contributed by atoms with Gasteiger partial charge in [0.05, 0.1) is 6.61 Å². The minimum absolute atomic E-state index is 0.158. The average Bonchev–Trinajstić information content (AvgIpc) is 2.79. The Kier molecular flexibility index (Phi) is 7.93. The molecule has 0 unspecified atom stereocenters. The van der Waals surface area contributed by atoms with Crippen molar-refractivity contribution in [1.29, 1.82) is 0 Å². The van der Waals surface area contributed by atoms with Gasteiger partial charge in [0.1, 0.15) is 18.1 Å². The second-order valence-corrected chi connectivity index (χ2v) is 8.47. The third kappa shape index (κ3) is 5.91. The van der Waals surface area contributed by atoms with E-state index in [0.717, 1.165) is 28.3 Å². The molecule has 1 N–H and O–H groups in total. The maximum atomic E-state index is 12.9. The van der Waals surface area contributed by atoms with Crippen LogP contribution < -0.4 is 14.8 Å².